The van der Waals surface area contributed by atoms with Crippen LogP contribution in [0.1, 0.15) is 32.6 Å². The number of hydrogen-bond acceptors (Lipinski definition) is 3. The largest absolute Gasteiger partial charge is 0.366 e. The lowest BCUT2D eigenvalue weighted by Gasteiger charge is -2.43. The fourth-order valence-corrected chi connectivity index (χ4v) is 2.25. The van der Waals surface area contributed by atoms with Crippen LogP contribution in [-0.2, 0) is 9.53 Å². The van der Waals surface area contributed by atoms with Gasteiger partial charge in [-0.3, -0.25) is 4.79 Å². The second kappa shape index (κ2) is 5.84. The summed E-state index contributed by atoms with van der Waals surface area (Å²) in [5.41, 5.74) is 0.0812. The lowest BCUT2D eigenvalue weighted by molar-refractivity contribution is -0.137. The van der Waals surface area contributed by atoms with E-state index in [1.165, 1.54) is 6.42 Å². The average Bonchev–Trinajstić information content (AvgIpc) is 2.24. The molecule has 1 atom stereocenters. The third-order valence-electron chi connectivity index (χ3n) is 3.60. The molecular formula is C11H21ClN2O2. The van der Waals surface area contributed by atoms with E-state index in [1.54, 1.807) is 0 Å². The van der Waals surface area contributed by atoms with Gasteiger partial charge in [0.1, 0.15) is 6.10 Å². The van der Waals surface area contributed by atoms with Crippen molar-refractivity contribution in [2.75, 3.05) is 19.7 Å². The maximum atomic E-state index is 11.9. The predicted octanol–water partition coefficient (Wildman–Crippen LogP) is 0.845. The molecular weight excluding hydrogens is 228 g/mol. The summed E-state index contributed by atoms with van der Waals surface area (Å²) in [6.07, 6.45) is 4.21. The highest BCUT2D eigenvalue weighted by molar-refractivity contribution is 5.85. The Morgan fingerprint density at radius 3 is 2.75 bits per heavy atom. The maximum Gasteiger partial charge on any atom is 0.250 e. The Kier molecular flexibility index (Phi) is 5.02. The molecule has 4 nitrogen and oxygen atoms in total. The standard InChI is InChI=1S/C11H20N2O2.ClH/c1-2-11(4-3-5-11)13-10(14)9-8-12-6-7-15-9;/h9,12H,2-8H2,1H3,(H,13,14);1H. The molecule has 2 aliphatic rings. The van der Waals surface area contributed by atoms with Crippen LogP contribution in [-0.4, -0.2) is 37.2 Å². The van der Waals surface area contributed by atoms with E-state index in [2.05, 4.69) is 17.6 Å². The van der Waals surface area contributed by atoms with Gasteiger partial charge in [0.2, 0.25) is 0 Å². The van der Waals surface area contributed by atoms with Crippen LogP contribution in [0.5, 0.6) is 0 Å². The van der Waals surface area contributed by atoms with Gasteiger partial charge in [0.15, 0.2) is 0 Å². The molecule has 5 heteroatoms. The molecule has 2 fully saturated rings. The first-order chi connectivity index (χ1) is 7.26. The molecule has 0 aromatic carbocycles. The number of amides is 1. The summed E-state index contributed by atoms with van der Waals surface area (Å²) in [4.78, 5) is 11.9. The van der Waals surface area contributed by atoms with Crippen LogP contribution in [0.4, 0.5) is 0 Å². The van der Waals surface area contributed by atoms with Gasteiger partial charge < -0.3 is 15.4 Å². The van der Waals surface area contributed by atoms with Gasteiger partial charge >= 0.3 is 0 Å². The minimum absolute atomic E-state index is 0. The lowest BCUT2D eigenvalue weighted by Crippen LogP contribution is -2.58. The number of ether oxygens (including phenoxy) is 1. The van der Waals surface area contributed by atoms with Crippen LogP contribution >= 0.6 is 12.4 Å². The van der Waals surface area contributed by atoms with Gasteiger partial charge in [-0.1, -0.05) is 6.92 Å². The Balaban J connectivity index is 0.00000128. The van der Waals surface area contributed by atoms with E-state index < -0.39 is 0 Å². The first-order valence-electron chi connectivity index (χ1n) is 5.90. The summed E-state index contributed by atoms with van der Waals surface area (Å²) in [5, 5.41) is 6.32. The molecule has 1 aliphatic carbocycles. The second-order valence-electron chi connectivity index (χ2n) is 4.54. The quantitative estimate of drug-likeness (QED) is 0.779. The van der Waals surface area contributed by atoms with Crippen LogP contribution in [0.25, 0.3) is 0 Å². The van der Waals surface area contributed by atoms with Crippen molar-refractivity contribution < 1.29 is 9.53 Å². The van der Waals surface area contributed by atoms with Gasteiger partial charge in [-0.2, -0.15) is 0 Å². The number of rotatable bonds is 3. The summed E-state index contributed by atoms with van der Waals surface area (Å²) in [7, 11) is 0. The molecule has 0 aromatic rings. The Morgan fingerprint density at radius 2 is 2.31 bits per heavy atom. The van der Waals surface area contributed by atoms with Gasteiger partial charge in [-0.15, -0.1) is 12.4 Å². The zero-order valence-electron chi connectivity index (χ0n) is 9.75. The normalized spacial score (nSPS) is 27.4. The number of morpholine rings is 1. The predicted molar refractivity (Wildman–Crippen MR) is 64.9 cm³/mol. The van der Waals surface area contributed by atoms with Gasteiger partial charge in [0.05, 0.1) is 6.61 Å². The topological polar surface area (TPSA) is 50.4 Å². The SMILES string of the molecule is CCC1(NC(=O)C2CNCCO2)CCC1.Cl. The summed E-state index contributed by atoms with van der Waals surface area (Å²) < 4.78 is 5.42. The van der Waals surface area contributed by atoms with Gasteiger partial charge in [0.25, 0.3) is 5.91 Å². The molecule has 0 aromatic heterocycles. The molecule has 0 bridgehead atoms. The third-order valence-corrected chi connectivity index (χ3v) is 3.60. The summed E-state index contributed by atoms with van der Waals surface area (Å²) in [6, 6.07) is 0. The van der Waals surface area contributed by atoms with E-state index in [0.29, 0.717) is 13.2 Å². The molecule has 1 unspecified atom stereocenters. The zero-order chi connectivity index (χ0) is 10.7. The zero-order valence-corrected chi connectivity index (χ0v) is 10.6. The van der Waals surface area contributed by atoms with E-state index in [0.717, 1.165) is 25.8 Å². The molecule has 2 N–H and O–H groups in total. The fourth-order valence-electron chi connectivity index (χ4n) is 2.25. The van der Waals surface area contributed by atoms with Crippen LogP contribution in [0.15, 0.2) is 0 Å². The summed E-state index contributed by atoms with van der Waals surface area (Å²) >= 11 is 0. The van der Waals surface area contributed by atoms with Crippen molar-refractivity contribution in [3.8, 4) is 0 Å². The van der Waals surface area contributed by atoms with Crippen molar-refractivity contribution in [1.82, 2.24) is 10.6 Å². The number of nitrogens with one attached hydrogen (secondary N) is 2. The molecule has 0 radical (unpaired) electrons. The van der Waals surface area contributed by atoms with Gasteiger partial charge in [-0.05, 0) is 25.7 Å². The van der Waals surface area contributed by atoms with Crippen LogP contribution in [0, 0.1) is 0 Å². The summed E-state index contributed by atoms with van der Waals surface area (Å²) in [6.45, 7) is 4.27. The van der Waals surface area contributed by atoms with Gasteiger partial charge in [0, 0.05) is 18.6 Å². The van der Waals surface area contributed by atoms with Gasteiger partial charge in [-0.25, -0.2) is 0 Å². The number of carbonyl (C=O) groups excluding carboxylic acids is 1. The van der Waals surface area contributed by atoms with Crippen LogP contribution < -0.4 is 10.6 Å². The smallest absolute Gasteiger partial charge is 0.250 e. The Labute approximate surface area is 103 Å². The Hall–Kier alpha value is -0.320. The Morgan fingerprint density at radius 1 is 1.56 bits per heavy atom. The van der Waals surface area contributed by atoms with Crippen molar-refractivity contribution in [3.05, 3.63) is 0 Å². The van der Waals surface area contributed by atoms with Crippen LogP contribution in [0.2, 0.25) is 0 Å². The molecule has 1 saturated heterocycles. The minimum atomic E-state index is -0.289. The third kappa shape index (κ3) is 2.87. The fraction of sp³-hybridized carbons (Fsp3) is 0.909. The second-order valence-corrected chi connectivity index (χ2v) is 4.54. The van der Waals surface area contributed by atoms with Crippen molar-refractivity contribution in [3.63, 3.8) is 0 Å². The van der Waals surface area contributed by atoms with E-state index >= 15 is 0 Å². The van der Waals surface area contributed by atoms with Crippen molar-refractivity contribution in [2.24, 2.45) is 0 Å². The first-order valence-corrected chi connectivity index (χ1v) is 5.90. The van der Waals surface area contributed by atoms with E-state index in [-0.39, 0.29) is 30.0 Å². The lowest BCUT2D eigenvalue weighted by atomic mass is 9.74. The highest BCUT2D eigenvalue weighted by Gasteiger charge is 2.38. The maximum absolute atomic E-state index is 11.9. The van der Waals surface area contributed by atoms with Crippen molar-refractivity contribution in [2.45, 2.75) is 44.2 Å². The van der Waals surface area contributed by atoms with Crippen LogP contribution in [0.3, 0.4) is 0 Å². The van der Waals surface area contributed by atoms with Crippen molar-refractivity contribution >= 4 is 18.3 Å². The van der Waals surface area contributed by atoms with E-state index in [1.807, 2.05) is 0 Å². The van der Waals surface area contributed by atoms with Crippen molar-refractivity contribution in [1.29, 1.82) is 0 Å². The molecule has 2 rings (SSSR count). The molecule has 16 heavy (non-hydrogen) atoms. The molecule has 0 spiro atoms. The molecule has 94 valence electrons. The molecule has 1 saturated carbocycles. The molecule has 1 heterocycles. The number of hydrogen-bond donors (Lipinski definition) is 2. The highest BCUT2D eigenvalue weighted by Crippen LogP contribution is 2.34. The van der Waals surface area contributed by atoms with E-state index in [9.17, 15) is 4.79 Å². The first kappa shape index (κ1) is 13.7. The number of halogens is 1. The minimum Gasteiger partial charge on any atom is -0.366 e. The Bertz CT molecular complexity index is 233. The summed E-state index contributed by atoms with van der Waals surface area (Å²) in [5.74, 6) is 0.0590. The van der Waals surface area contributed by atoms with E-state index in [4.69, 9.17) is 4.74 Å². The molecule has 1 aliphatic heterocycles. The average molecular weight is 249 g/mol. The highest BCUT2D eigenvalue weighted by atomic mass is 35.5. The molecule has 1 amide bonds. The number of carbonyl (C=O) groups is 1. The monoisotopic (exact) mass is 248 g/mol.